The molecule has 0 fully saturated rings. The van der Waals surface area contributed by atoms with E-state index >= 15 is 0 Å². The number of hydrogen-bond donors (Lipinski definition) is 2. The molecule has 0 spiro atoms. The van der Waals surface area contributed by atoms with Gasteiger partial charge < -0.3 is 9.97 Å². The van der Waals surface area contributed by atoms with Gasteiger partial charge in [0, 0.05) is 22.1 Å². The second kappa shape index (κ2) is 13.1. The van der Waals surface area contributed by atoms with Crippen LogP contribution in [0, 0.1) is 0 Å². The van der Waals surface area contributed by atoms with Gasteiger partial charge in [-0.25, -0.2) is 9.97 Å². The zero-order valence-electron chi connectivity index (χ0n) is 26.2. The van der Waals surface area contributed by atoms with E-state index in [4.69, 9.17) is 0 Å². The van der Waals surface area contributed by atoms with E-state index in [0.29, 0.717) is 0 Å². The molecule has 4 heteroatoms. The maximum atomic E-state index is 4.62. The van der Waals surface area contributed by atoms with Gasteiger partial charge >= 0.3 is 0 Å². The van der Waals surface area contributed by atoms with E-state index in [0.717, 1.165) is 44.8 Å². The highest BCUT2D eigenvalue weighted by molar-refractivity contribution is 6.25. The molecule has 8 bridgehead atoms. The molecule has 2 aliphatic heterocycles. The van der Waals surface area contributed by atoms with E-state index in [1.807, 2.05) is 78.9 Å². The van der Waals surface area contributed by atoms with Crippen LogP contribution < -0.4 is 0 Å². The van der Waals surface area contributed by atoms with E-state index in [1.54, 1.807) is 0 Å². The Balaban J connectivity index is 0.000000123. The normalized spacial score (nSPS) is 11.6. The molecule has 4 nitrogen and oxygen atoms in total. The van der Waals surface area contributed by atoms with Crippen molar-refractivity contribution in [3.05, 3.63) is 181 Å². The maximum absolute atomic E-state index is 4.62. The summed E-state index contributed by atoms with van der Waals surface area (Å²) < 4.78 is 0. The average Bonchev–Trinajstić information content (AvgIpc) is 3.97. The fourth-order valence-corrected chi connectivity index (χ4v) is 6.19. The maximum Gasteiger partial charge on any atom is 0.0659 e. The van der Waals surface area contributed by atoms with Gasteiger partial charge in [0.1, 0.15) is 0 Å². The minimum atomic E-state index is 0.915. The van der Waals surface area contributed by atoms with Crippen LogP contribution in [0.1, 0.15) is 22.8 Å². The van der Waals surface area contributed by atoms with E-state index < -0.39 is 0 Å². The van der Waals surface area contributed by atoms with E-state index in [9.17, 15) is 0 Å². The molecule has 3 aromatic heterocycles. The topological polar surface area (TPSA) is 57.4 Å². The van der Waals surface area contributed by atoms with Crippen molar-refractivity contribution >= 4 is 78.7 Å². The molecule has 0 aliphatic carbocycles. The van der Waals surface area contributed by atoms with Crippen LogP contribution in [0.2, 0.25) is 0 Å². The van der Waals surface area contributed by atoms with Crippen molar-refractivity contribution in [3.8, 4) is 0 Å². The third kappa shape index (κ3) is 6.28. The molecule has 228 valence electrons. The van der Waals surface area contributed by atoms with Gasteiger partial charge in [-0.3, -0.25) is 0 Å². The van der Waals surface area contributed by atoms with Crippen molar-refractivity contribution in [2.24, 2.45) is 0 Å². The monoisotopic (exact) mass is 616 g/mol. The Kier molecular flexibility index (Phi) is 7.87. The van der Waals surface area contributed by atoms with Crippen molar-refractivity contribution < 1.29 is 0 Å². The number of aromatic nitrogens is 4. The lowest BCUT2D eigenvalue weighted by atomic mass is 9.95. The zero-order valence-corrected chi connectivity index (χ0v) is 26.2. The Labute approximate surface area is 278 Å². The molecule has 0 amide bonds. The quantitative estimate of drug-likeness (QED) is 0.167. The summed E-state index contributed by atoms with van der Waals surface area (Å²) in [5.41, 5.74) is 7.86. The first-order valence-corrected chi connectivity index (χ1v) is 16.1. The van der Waals surface area contributed by atoms with Crippen LogP contribution in [0.5, 0.6) is 0 Å². The third-order valence-electron chi connectivity index (χ3n) is 8.36. The Morgan fingerprint density at radius 3 is 0.854 bits per heavy atom. The number of fused-ring (bicyclic) bond motifs is 14. The molecule has 0 saturated heterocycles. The van der Waals surface area contributed by atoms with Gasteiger partial charge in [-0.05, 0) is 105 Å². The second-order valence-electron chi connectivity index (χ2n) is 11.7. The van der Waals surface area contributed by atoms with Gasteiger partial charge in [0.25, 0.3) is 0 Å². The zero-order chi connectivity index (χ0) is 32.1. The van der Waals surface area contributed by atoms with Crippen LogP contribution in [0.25, 0.3) is 78.7 Å². The van der Waals surface area contributed by atoms with Gasteiger partial charge in [0.2, 0.25) is 0 Å². The fraction of sp³-hybridized carbons (Fsp3) is 0. The molecule has 2 aliphatic rings. The lowest BCUT2D eigenvalue weighted by Crippen LogP contribution is -1.81. The van der Waals surface area contributed by atoms with Crippen LogP contribution in [-0.2, 0) is 0 Å². The fourth-order valence-electron chi connectivity index (χ4n) is 6.19. The summed E-state index contributed by atoms with van der Waals surface area (Å²) >= 11 is 0. The molecular formula is C44H32N4. The molecule has 0 unspecified atom stereocenters. The number of hydrogen-bond acceptors (Lipinski definition) is 2. The van der Waals surface area contributed by atoms with Crippen LogP contribution in [0.3, 0.4) is 0 Å². The van der Waals surface area contributed by atoms with Gasteiger partial charge in [-0.15, -0.1) is 0 Å². The Morgan fingerprint density at radius 2 is 0.542 bits per heavy atom. The van der Waals surface area contributed by atoms with Crippen molar-refractivity contribution in [1.82, 2.24) is 19.9 Å². The Hall–Kier alpha value is -6.52. The summed E-state index contributed by atoms with van der Waals surface area (Å²) in [5.74, 6) is 0. The van der Waals surface area contributed by atoms with Gasteiger partial charge in [0.15, 0.2) is 0 Å². The SMILES string of the molecule is C1=Cc2cc3ccc(cc4ccc(cc5nc(cc1n2)C=C5)[nH]4)[nH]3.c1ccc2c(c1)c1ccccc1c1ccccc21.c1ccccc1. The molecule has 48 heavy (non-hydrogen) atoms. The number of rotatable bonds is 0. The number of aromatic amines is 2. The van der Waals surface area contributed by atoms with Gasteiger partial charge in [0.05, 0.1) is 22.8 Å². The predicted molar refractivity (Wildman–Crippen MR) is 204 cm³/mol. The molecule has 2 N–H and O–H groups in total. The van der Waals surface area contributed by atoms with E-state index in [2.05, 4.69) is 123 Å². The van der Waals surface area contributed by atoms with Gasteiger partial charge in [-0.2, -0.15) is 0 Å². The van der Waals surface area contributed by atoms with Crippen LogP contribution >= 0.6 is 0 Å². The molecule has 0 saturated carbocycles. The number of H-pyrrole nitrogens is 2. The summed E-state index contributed by atoms with van der Waals surface area (Å²) in [6.07, 6.45) is 8.05. The molecular weight excluding hydrogens is 585 g/mol. The van der Waals surface area contributed by atoms with Crippen molar-refractivity contribution in [2.45, 2.75) is 0 Å². The molecule has 0 atom stereocenters. The highest BCUT2D eigenvalue weighted by atomic mass is 14.8. The van der Waals surface area contributed by atoms with Crippen molar-refractivity contribution in [1.29, 1.82) is 0 Å². The first-order chi connectivity index (χ1) is 23.7. The molecule has 5 heterocycles. The first-order valence-electron chi connectivity index (χ1n) is 16.1. The summed E-state index contributed by atoms with van der Waals surface area (Å²) in [4.78, 5) is 16.0. The lowest BCUT2D eigenvalue weighted by Gasteiger charge is -2.09. The molecule has 5 aromatic carbocycles. The highest BCUT2D eigenvalue weighted by Gasteiger charge is 2.06. The summed E-state index contributed by atoms with van der Waals surface area (Å²) in [6, 6.07) is 54.4. The smallest absolute Gasteiger partial charge is 0.0659 e. The largest absolute Gasteiger partial charge is 0.355 e. The molecule has 10 rings (SSSR count). The van der Waals surface area contributed by atoms with Crippen LogP contribution in [0.4, 0.5) is 0 Å². The third-order valence-corrected chi connectivity index (χ3v) is 8.36. The minimum absolute atomic E-state index is 0.915. The van der Waals surface area contributed by atoms with Gasteiger partial charge in [-0.1, -0.05) is 109 Å². The second-order valence-corrected chi connectivity index (χ2v) is 11.7. The predicted octanol–water partition coefficient (Wildman–Crippen LogP) is 11.5. The van der Waals surface area contributed by atoms with Crippen molar-refractivity contribution in [3.63, 3.8) is 0 Å². The standard InChI is InChI=1S/C20H14N4.C18H12.C6H6/c1-2-14-10-16-5-6-18(23-16)12-20-8-7-19(24-20)11-17-4-3-15(22-17)9-13(1)21-14;1-2-8-14-13(7-1)15-9-3-4-11-17(15)18-12-6-5-10-16(14)18;1-2-4-6-5-3-1/h1-12,21-22H;1-12H;1-6H. The summed E-state index contributed by atoms with van der Waals surface area (Å²) in [7, 11) is 0. The molecule has 8 aromatic rings. The first kappa shape index (κ1) is 28.9. The Morgan fingerprint density at radius 1 is 0.271 bits per heavy atom. The summed E-state index contributed by atoms with van der Waals surface area (Å²) in [5, 5.41) is 8.04. The minimum Gasteiger partial charge on any atom is -0.355 e. The number of nitrogens with zero attached hydrogens (tertiary/aromatic N) is 2. The number of nitrogens with one attached hydrogen (secondary N) is 2. The summed E-state index contributed by atoms with van der Waals surface area (Å²) in [6.45, 7) is 0. The Bertz CT molecular complexity index is 2290. The van der Waals surface area contributed by atoms with E-state index in [-0.39, 0.29) is 0 Å². The number of benzene rings is 5. The van der Waals surface area contributed by atoms with E-state index in [1.165, 1.54) is 32.3 Å². The van der Waals surface area contributed by atoms with Crippen LogP contribution in [0.15, 0.2) is 158 Å². The van der Waals surface area contributed by atoms with Crippen molar-refractivity contribution in [2.75, 3.05) is 0 Å². The lowest BCUT2D eigenvalue weighted by molar-refractivity contribution is 1.28. The average molecular weight is 617 g/mol. The van der Waals surface area contributed by atoms with Crippen LogP contribution in [-0.4, -0.2) is 19.9 Å². The molecule has 0 radical (unpaired) electrons. The highest BCUT2D eigenvalue weighted by Crippen LogP contribution is 2.34.